The lowest BCUT2D eigenvalue weighted by Gasteiger charge is -2.08. The van der Waals surface area contributed by atoms with Crippen LogP contribution in [0.5, 0.6) is 0 Å². The Morgan fingerprint density at radius 2 is 2.05 bits per heavy atom. The third-order valence-electron chi connectivity index (χ3n) is 3.36. The van der Waals surface area contributed by atoms with Crippen molar-refractivity contribution < 1.29 is 0 Å². The number of anilines is 1. The maximum atomic E-state index is 6.20. The Balaban J connectivity index is 2.36. The largest absolute Gasteiger partial charge is 0.373 e. The summed E-state index contributed by atoms with van der Waals surface area (Å²) < 4.78 is 1.97. The molecule has 2 aromatic heterocycles. The molecular weight excluding hydrogens is 260 g/mol. The molecule has 0 aliphatic carbocycles. The number of halogens is 1. The highest BCUT2D eigenvalue weighted by Crippen LogP contribution is 2.20. The van der Waals surface area contributed by atoms with Crippen molar-refractivity contribution in [1.82, 2.24) is 14.8 Å². The van der Waals surface area contributed by atoms with E-state index in [1.807, 2.05) is 30.8 Å². The lowest BCUT2D eigenvalue weighted by atomic mass is 10.1. The van der Waals surface area contributed by atoms with E-state index in [1.54, 1.807) is 0 Å². The Kier molecular flexibility index (Phi) is 4.10. The third kappa shape index (κ3) is 2.73. The van der Waals surface area contributed by atoms with Crippen molar-refractivity contribution in [2.24, 2.45) is 0 Å². The number of aromatic nitrogens is 3. The molecule has 0 fully saturated rings. The minimum absolute atomic E-state index is 0.598. The van der Waals surface area contributed by atoms with E-state index < -0.39 is 0 Å². The Labute approximate surface area is 118 Å². The van der Waals surface area contributed by atoms with E-state index in [0.29, 0.717) is 11.6 Å². The second kappa shape index (κ2) is 5.61. The zero-order chi connectivity index (χ0) is 14.0. The van der Waals surface area contributed by atoms with E-state index >= 15 is 0 Å². The maximum absolute atomic E-state index is 6.20. The van der Waals surface area contributed by atoms with Gasteiger partial charge in [0.15, 0.2) is 0 Å². The number of hydrogen-bond acceptors (Lipinski definition) is 3. The molecule has 0 aliphatic heterocycles. The monoisotopic (exact) mass is 278 g/mol. The molecule has 5 heteroatoms. The standard InChI is InChI=1S/C14H19ClN4/c1-5-11-9(2)18-19(10(11)3)8-13-12(15)6-7-14(16-4)17-13/h6-7H,5,8H2,1-4H3,(H,16,17). The van der Waals surface area contributed by atoms with Crippen LogP contribution in [0.2, 0.25) is 5.02 Å². The van der Waals surface area contributed by atoms with Crippen LogP contribution < -0.4 is 5.32 Å². The zero-order valence-corrected chi connectivity index (χ0v) is 12.5. The van der Waals surface area contributed by atoms with Gasteiger partial charge >= 0.3 is 0 Å². The van der Waals surface area contributed by atoms with Crippen LogP contribution in [0.25, 0.3) is 0 Å². The van der Waals surface area contributed by atoms with Gasteiger partial charge in [-0.3, -0.25) is 4.68 Å². The second-order valence-electron chi connectivity index (χ2n) is 4.54. The van der Waals surface area contributed by atoms with Gasteiger partial charge in [0.05, 0.1) is 23.0 Å². The van der Waals surface area contributed by atoms with Gasteiger partial charge in [0, 0.05) is 12.7 Å². The summed E-state index contributed by atoms with van der Waals surface area (Å²) in [5.41, 5.74) is 4.41. The van der Waals surface area contributed by atoms with Crippen LogP contribution in [-0.4, -0.2) is 21.8 Å². The number of nitrogens with zero attached hydrogens (tertiary/aromatic N) is 3. The average molecular weight is 279 g/mol. The molecule has 102 valence electrons. The number of pyridine rings is 1. The smallest absolute Gasteiger partial charge is 0.126 e. The van der Waals surface area contributed by atoms with Crippen molar-refractivity contribution >= 4 is 17.4 Å². The topological polar surface area (TPSA) is 42.7 Å². The van der Waals surface area contributed by atoms with E-state index in [-0.39, 0.29) is 0 Å². The van der Waals surface area contributed by atoms with Gasteiger partial charge in [0.2, 0.25) is 0 Å². The van der Waals surface area contributed by atoms with Crippen molar-refractivity contribution in [2.75, 3.05) is 12.4 Å². The Hall–Kier alpha value is -1.55. The molecule has 4 nitrogen and oxygen atoms in total. The molecule has 0 atom stereocenters. The van der Waals surface area contributed by atoms with Crippen LogP contribution >= 0.6 is 11.6 Å². The number of aryl methyl sites for hydroxylation is 1. The number of hydrogen-bond donors (Lipinski definition) is 1. The molecule has 0 aliphatic rings. The first kappa shape index (κ1) is 13.9. The Morgan fingerprint density at radius 3 is 2.63 bits per heavy atom. The summed E-state index contributed by atoms with van der Waals surface area (Å²) in [7, 11) is 1.85. The molecule has 0 radical (unpaired) electrons. The molecule has 0 bridgehead atoms. The Bertz CT molecular complexity index is 589. The van der Waals surface area contributed by atoms with Crippen molar-refractivity contribution in [3.05, 3.63) is 39.8 Å². The van der Waals surface area contributed by atoms with E-state index in [2.05, 4.69) is 29.2 Å². The predicted octanol–water partition coefficient (Wildman–Crippen LogP) is 3.20. The van der Waals surface area contributed by atoms with Gasteiger partial charge in [-0.05, 0) is 38.0 Å². The third-order valence-corrected chi connectivity index (χ3v) is 3.70. The molecule has 0 aromatic carbocycles. The molecule has 2 rings (SSSR count). The van der Waals surface area contributed by atoms with Gasteiger partial charge in [0.25, 0.3) is 0 Å². The van der Waals surface area contributed by atoms with E-state index in [4.69, 9.17) is 11.6 Å². The zero-order valence-electron chi connectivity index (χ0n) is 11.8. The van der Waals surface area contributed by atoms with E-state index in [1.165, 1.54) is 11.3 Å². The molecule has 19 heavy (non-hydrogen) atoms. The number of rotatable bonds is 4. The van der Waals surface area contributed by atoms with Crippen molar-refractivity contribution in [2.45, 2.75) is 33.7 Å². The first-order valence-electron chi connectivity index (χ1n) is 6.42. The molecule has 0 saturated carbocycles. The summed E-state index contributed by atoms with van der Waals surface area (Å²) >= 11 is 6.20. The van der Waals surface area contributed by atoms with Crippen molar-refractivity contribution in [1.29, 1.82) is 0 Å². The summed E-state index contributed by atoms with van der Waals surface area (Å²) in [6, 6.07) is 3.73. The van der Waals surface area contributed by atoms with Crippen molar-refractivity contribution in [3.8, 4) is 0 Å². The first-order chi connectivity index (χ1) is 9.06. The molecule has 0 spiro atoms. The molecule has 0 saturated heterocycles. The first-order valence-corrected chi connectivity index (χ1v) is 6.80. The van der Waals surface area contributed by atoms with Crippen LogP contribution in [0, 0.1) is 13.8 Å². The highest BCUT2D eigenvalue weighted by atomic mass is 35.5. The fourth-order valence-electron chi connectivity index (χ4n) is 2.28. The summed E-state index contributed by atoms with van der Waals surface area (Å²) in [4.78, 5) is 4.49. The highest BCUT2D eigenvalue weighted by molar-refractivity contribution is 6.31. The van der Waals surface area contributed by atoms with Crippen LogP contribution in [0.1, 0.15) is 29.6 Å². The fourth-order valence-corrected chi connectivity index (χ4v) is 2.44. The average Bonchev–Trinajstić information content (AvgIpc) is 2.66. The van der Waals surface area contributed by atoms with Crippen molar-refractivity contribution in [3.63, 3.8) is 0 Å². The Morgan fingerprint density at radius 1 is 1.32 bits per heavy atom. The van der Waals surface area contributed by atoms with Gasteiger partial charge in [-0.15, -0.1) is 0 Å². The molecule has 1 N–H and O–H groups in total. The predicted molar refractivity (Wildman–Crippen MR) is 79.0 cm³/mol. The minimum atomic E-state index is 0.598. The van der Waals surface area contributed by atoms with E-state index in [0.717, 1.165) is 23.6 Å². The summed E-state index contributed by atoms with van der Waals surface area (Å²) in [6.45, 7) is 6.88. The van der Waals surface area contributed by atoms with Crippen LogP contribution in [-0.2, 0) is 13.0 Å². The molecular formula is C14H19ClN4. The van der Waals surface area contributed by atoms with Gasteiger partial charge in [-0.1, -0.05) is 18.5 Å². The van der Waals surface area contributed by atoms with Crippen LogP contribution in [0.3, 0.4) is 0 Å². The second-order valence-corrected chi connectivity index (χ2v) is 4.94. The van der Waals surface area contributed by atoms with Gasteiger partial charge in [-0.25, -0.2) is 4.98 Å². The molecule has 0 unspecified atom stereocenters. The molecule has 2 aromatic rings. The number of nitrogens with one attached hydrogen (secondary N) is 1. The normalized spacial score (nSPS) is 10.8. The van der Waals surface area contributed by atoms with E-state index in [9.17, 15) is 0 Å². The van der Waals surface area contributed by atoms with Crippen LogP contribution in [0.15, 0.2) is 12.1 Å². The minimum Gasteiger partial charge on any atom is -0.373 e. The van der Waals surface area contributed by atoms with Gasteiger partial charge in [-0.2, -0.15) is 5.10 Å². The SMILES string of the molecule is CCc1c(C)nn(Cc2nc(NC)ccc2Cl)c1C. The fraction of sp³-hybridized carbons (Fsp3) is 0.429. The lowest BCUT2D eigenvalue weighted by molar-refractivity contribution is 0.646. The quantitative estimate of drug-likeness (QED) is 0.934. The summed E-state index contributed by atoms with van der Waals surface area (Å²) in [6.07, 6.45) is 0.995. The maximum Gasteiger partial charge on any atom is 0.126 e. The van der Waals surface area contributed by atoms with Gasteiger partial charge < -0.3 is 5.32 Å². The van der Waals surface area contributed by atoms with Gasteiger partial charge in [0.1, 0.15) is 5.82 Å². The summed E-state index contributed by atoms with van der Waals surface area (Å²) in [5, 5.41) is 8.26. The van der Waals surface area contributed by atoms with Crippen LogP contribution in [0.4, 0.5) is 5.82 Å². The molecule has 2 heterocycles. The lowest BCUT2D eigenvalue weighted by Crippen LogP contribution is -2.07. The highest BCUT2D eigenvalue weighted by Gasteiger charge is 2.12. The summed E-state index contributed by atoms with van der Waals surface area (Å²) in [5.74, 6) is 0.816. The molecule has 0 amide bonds.